The highest BCUT2D eigenvalue weighted by Crippen LogP contribution is 2.29. The Morgan fingerprint density at radius 1 is 1.19 bits per heavy atom. The summed E-state index contributed by atoms with van der Waals surface area (Å²) in [6.07, 6.45) is 1.66. The highest BCUT2D eigenvalue weighted by atomic mass is 35.5. The first-order valence-electron chi connectivity index (χ1n) is 6.22. The molecule has 0 saturated heterocycles. The third-order valence-corrected chi connectivity index (χ3v) is 3.94. The number of hydrogen-bond acceptors (Lipinski definition) is 1. The summed E-state index contributed by atoms with van der Waals surface area (Å²) in [5, 5.41) is 1.39. The van der Waals surface area contributed by atoms with Crippen LogP contribution in [0.2, 0.25) is 10.0 Å². The number of aryl methyl sites for hydroxylation is 1. The Balaban J connectivity index is 2.24. The van der Waals surface area contributed by atoms with Crippen LogP contribution < -0.4 is 0 Å². The summed E-state index contributed by atoms with van der Waals surface area (Å²) >= 11 is 11.9. The quantitative estimate of drug-likeness (QED) is 0.618. The molecule has 0 N–H and O–H groups in total. The van der Waals surface area contributed by atoms with E-state index in [0.29, 0.717) is 16.0 Å². The average Bonchev–Trinajstić information content (AvgIpc) is 2.75. The highest BCUT2D eigenvalue weighted by Gasteiger charge is 2.21. The van der Waals surface area contributed by atoms with E-state index in [-0.39, 0.29) is 10.6 Å². The standard InChI is InChI=1S/C16H10Cl2FNO/c1-20-8-11(10-6-5-9(17)7-14(10)20)16(21)15-12(18)3-2-4-13(15)19/h2-8H,1H3. The lowest BCUT2D eigenvalue weighted by atomic mass is 10.0. The van der Waals surface area contributed by atoms with Gasteiger partial charge >= 0.3 is 0 Å². The van der Waals surface area contributed by atoms with Gasteiger partial charge in [0.1, 0.15) is 5.82 Å². The maximum Gasteiger partial charge on any atom is 0.199 e. The molecule has 5 heteroatoms. The molecule has 3 aromatic rings. The molecule has 3 rings (SSSR count). The molecular weight excluding hydrogens is 312 g/mol. The van der Waals surface area contributed by atoms with Crippen LogP contribution in [0.1, 0.15) is 15.9 Å². The highest BCUT2D eigenvalue weighted by molar-refractivity contribution is 6.35. The Hall–Kier alpha value is -1.84. The van der Waals surface area contributed by atoms with Crippen LogP contribution in [0.25, 0.3) is 10.9 Å². The molecule has 1 heterocycles. The lowest BCUT2D eigenvalue weighted by Gasteiger charge is -2.04. The first kappa shape index (κ1) is 14.1. The second-order valence-corrected chi connectivity index (χ2v) is 5.58. The van der Waals surface area contributed by atoms with Gasteiger partial charge in [-0.15, -0.1) is 0 Å². The summed E-state index contributed by atoms with van der Waals surface area (Å²) in [7, 11) is 1.80. The van der Waals surface area contributed by atoms with Gasteiger partial charge in [-0.3, -0.25) is 4.79 Å². The number of rotatable bonds is 2. The molecule has 0 saturated carbocycles. The molecule has 0 aliphatic rings. The van der Waals surface area contributed by atoms with Gasteiger partial charge in [0.25, 0.3) is 0 Å². The Morgan fingerprint density at radius 3 is 2.67 bits per heavy atom. The predicted molar refractivity (Wildman–Crippen MR) is 82.8 cm³/mol. The van der Waals surface area contributed by atoms with E-state index in [1.54, 1.807) is 36.0 Å². The van der Waals surface area contributed by atoms with Gasteiger partial charge in [-0.2, -0.15) is 0 Å². The minimum absolute atomic E-state index is 0.103. The number of halogens is 3. The summed E-state index contributed by atoms with van der Waals surface area (Å²) in [6.45, 7) is 0. The van der Waals surface area contributed by atoms with Crippen molar-refractivity contribution in [2.75, 3.05) is 0 Å². The summed E-state index contributed by atoms with van der Waals surface area (Å²) < 4.78 is 15.7. The first-order valence-corrected chi connectivity index (χ1v) is 6.98. The fourth-order valence-electron chi connectivity index (χ4n) is 2.39. The lowest BCUT2D eigenvalue weighted by Crippen LogP contribution is -2.04. The molecule has 2 nitrogen and oxygen atoms in total. The third-order valence-electron chi connectivity index (χ3n) is 3.39. The van der Waals surface area contributed by atoms with Crippen LogP contribution in [0, 0.1) is 5.82 Å². The second kappa shape index (κ2) is 5.17. The van der Waals surface area contributed by atoms with Crippen LogP contribution in [-0.4, -0.2) is 10.4 Å². The SMILES string of the molecule is Cn1cc(C(=O)c2c(F)cccc2Cl)c2ccc(Cl)cc21. The molecule has 0 radical (unpaired) electrons. The topological polar surface area (TPSA) is 22.0 Å². The van der Waals surface area contributed by atoms with Crippen molar-refractivity contribution in [1.82, 2.24) is 4.57 Å². The van der Waals surface area contributed by atoms with E-state index in [4.69, 9.17) is 23.2 Å². The molecule has 2 aromatic carbocycles. The molecule has 21 heavy (non-hydrogen) atoms. The molecule has 0 aliphatic carbocycles. The minimum Gasteiger partial charge on any atom is -0.350 e. The summed E-state index contributed by atoms with van der Waals surface area (Å²) in [4.78, 5) is 12.6. The van der Waals surface area contributed by atoms with Gasteiger partial charge in [-0.1, -0.05) is 35.3 Å². The number of hydrogen-bond donors (Lipinski definition) is 0. The van der Waals surface area contributed by atoms with E-state index in [9.17, 15) is 9.18 Å². The number of benzene rings is 2. The van der Waals surface area contributed by atoms with E-state index >= 15 is 0 Å². The van der Waals surface area contributed by atoms with Crippen molar-refractivity contribution in [3.63, 3.8) is 0 Å². The van der Waals surface area contributed by atoms with E-state index in [1.807, 2.05) is 0 Å². The van der Waals surface area contributed by atoms with E-state index in [2.05, 4.69) is 0 Å². The van der Waals surface area contributed by atoms with Crippen LogP contribution >= 0.6 is 23.2 Å². The van der Waals surface area contributed by atoms with Crippen molar-refractivity contribution in [1.29, 1.82) is 0 Å². The largest absolute Gasteiger partial charge is 0.350 e. The van der Waals surface area contributed by atoms with Crippen LogP contribution in [-0.2, 0) is 7.05 Å². The maximum absolute atomic E-state index is 13.9. The smallest absolute Gasteiger partial charge is 0.199 e. The van der Waals surface area contributed by atoms with Gasteiger partial charge in [0.15, 0.2) is 5.78 Å². The predicted octanol–water partition coefficient (Wildman–Crippen LogP) is 4.86. The fourth-order valence-corrected chi connectivity index (χ4v) is 2.80. The Labute approximate surface area is 130 Å². The average molecular weight is 322 g/mol. The minimum atomic E-state index is -0.626. The molecule has 0 fully saturated rings. The fraction of sp³-hybridized carbons (Fsp3) is 0.0625. The van der Waals surface area contributed by atoms with Crippen molar-refractivity contribution >= 4 is 39.9 Å². The Kier molecular flexibility index (Phi) is 3.47. The number of fused-ring (bicyclic) bond motifs is 1. The monoisotopic (exact) mass is 321 g/mol. The summed E-state index contributed by atoms with van der Waals surface area (Å²) in [6, 6.07) is 9.40. The number of aromatic nitrogens is 1. The van der Waals surface area contributed by atoms with Crippen LogP contribution in [0.3, 0.4) is 0 Å². The van der Waals surface area contributed by atoms with Gasteiger partial charge in [0.05, 0.1) is 10.6 Å². The van der Waals surface area contributed by atoms with Gasteiger partial charge in [0, 0.05) is 34.7 Å². The van der Waals surface area contributed by atoms with Crippen molar-refractivity contribution in [3.05, 3.63) is 69.6 Å². The van der Waals surface area contributed by atoms with Crippen LogP contribution in [0.5, 0.6) is 0 Å². The molecular formula is C16H10Cl2FNO. The lowest BCUT2D eigenvalue weighted by molar-refractivity contribution is 0.103. The van der Waals surface area contributed by atoms with Gasteiger partial charge < -0.3 is 4.57 Å². The van der Waals surface area contributed by atoms with Gasteiger partial charge in [-0.25, -0.2) is 4.39 Å². The number of ketones is 1. The van der Waals surface area contributed by atoms with E-state index in [0.717, 1.165) is 5.52 Å². The summed E-state index contributed by atoms with van der Waals surface area (Å²) in [5.74, 6) is -1.07. The van der Waals surface area contributed by atoms with Gasteiger partial charge in [0.2, 0.25) is 0 Å². The summed E-state index contributed by atoms with van der Waals surface area (Å²) in [5.41, 5.74) is 1.09. The first-order chi connectivity index (χ1) is 9.99. The molecule has 0 bridgehead atoms. The molecule has 106 valence electrons. The third kappa shape index (κ3) is 2.33. The number of carbonyl (C=O) groups excluding carboxylic acids is 1. The molecule has 0 atom stereocenters. The Morgan fingerprint density at radius 2 is 1.95 bits per heavy atom. The molecule has 0 unspecified atom stereocenters. The Bertz CT molecular complexity index is 850. The van der Waals surface area contributed by atoms with E-state index < -0.39 is 11.6 Å². The molecule has 0 spiro atoms. The maximum atomic E-state index is 13.9. The second-order valence-electron chi connectivity index (χ2n) is 4.74. The number of nitrogens with zero attached hydrogens (tertiary/aromatic N) is 1. The van der Waals surface area contributed by atoms with Gasteiger partial charge in [-0.05, 0) is 24.3 Å². The molecule has 0 aliphatic heterocycles. The zero-order valence-electron chi connectivity index (χ0n) is 11.0. The molecule has 1 aromatic heterocycles. The zero-order valence-corrected chi connectivity index (χ0v) is 12.5. The van der Waals surface area contributed by atoms with Crippen LogP contribution in [0.4, 0.5) is 4.39 Å². The van der Waals surface area contributed by atoms with Crippen molar-refractivity contribution in [3.8, 4) is 0 Å². The van der Waals surface area contributed by atoms with Crippen LogP contribution in [0.15, 0.2) is 42.6 Å². The zero-order chi connectivity index (χ0) is 15.1. The van der Waals surface area contributed by atoms with Crippen molar-refractivity contribution in [2.24, 2.45) is 7.05 Å². The molecule has 0 amide bonds. The van der Waals surface area contributed by atoms with Crippen molar-refractivity contribution in [2.45, 2.75) is 0 Å². The number of carbonyl (C=O) groups is 1. The van der Waals surface area contributed by atoms with E-state index in [1.165, 1.54) is 18.2 Å². The normalized spacial score (nSPS) is 11.0. The van der Waals surface area contributed by atoms with Crippen molar-refractivity contribution < 1.29 is 9.18 Å².